The average Bonchev–Trinajstić information content (AvgIpc) is 3.18. The summed E-state index contributed by atoms with van der Waals surface area (Å²) in [6, 6.07) is 15.0. The first-order chi connectivity index (χ1) is 15.4. The summed E-state index contributed by atoms with van der Waals surface area (Å²) in [4.78, 5) is 32.6. The molecule has 1 N–H and O–H groups in total. The van der Waals surface area contributed by atoms with Crippen LogP contribution in [0, 0.1) is 0 Å². The van der Waals surface area contributed by atoms with Crippen LogP contribution in [0.15, 0.2) is 53.0 Å². The summed E-state index contributed by atoms with van der Waals surface area (Å²) in [5.41, 5.74) is 2.30. The van der Waals surface area contributed by atoms with Gasteiger partial charge in [-0.1, -0.05) is 47.3 Å². The van der Waals surface area contributed by atoms with Crippen LogP contribution in [0.4, 0.5) is 0 Å². The van der Waals surface area contributed by atoms with Crippen molar-refractivity contribution in [1.82, 2.24) is 19.8 Å². The lowest BCUT2D eigenvalue weighted by Crippen LogP contribution is -2.40. The summed E-state index contributed by atoms with van der Waals surface area (Å²) < 4.78 is 2.87. The number of imidazole rings is 1. The van der Waals surface area contributed by atoms with Crippen molar-refractivity contribution in [2.75, 3.05) is 7.05 Å². The number of hydrogen-bond acceptors (Lipinski definition) is 3. The lowest BCUT2D eigenvalue weighted by molar-refractivity contribution is -0.133. The topological polar surface area (TPSA) is 67.2 Å². The number of nitrogens with zero attached hydrogens (tertiary/aromatic N) is 3. The normalized spacial score (nSPS) is 15.5. The van der Waals surface area contributed by atoms with E-state index in [-0.39, 0.29) is 24.4 Å². The van der Waals surface area contributed by atoms with Crippen molar-refractivity contribution in [1.29, 1.82) is 0 Å². The van der Waals surface area contributed by atoms with Crippen molar-refractivity contribution in [2.24, 2.45) is 0 Å². The van der Waals surface area contributed by atoms with Gasteiger partial charge in [-0.05, 0) is 56.2 Å². The number of rotatable bonds is 6. The third-order valence-corrected chi connectivity index (χ3v) is 6.86. The van der Waals surface area contributed by atoms with Crippen molar-refractivity contribution in [3.8, 4) is 0 Å². The van der Waals surface area contributed by atoms with Crippen LogP contribution in [-0.2, 0) is 11.3 Å². The second kappa shape index (κ2) is 9.86. The first-order valence-corrected chi connectivity index (χ1v) is 12.0. The van der Waals surface area contributed by atoms with Crippen molar-refractivity contribution < 1.29 is 9.59 Å². The molecule has 2 amide bonds. The highest BCUT2D eigenvalue weighted by Gasteiger charge is 2.25. The Morgan fingerprint density at radius 3 is 2.53 bits per heavy atom. The van der Waals surface area contributed by atoms with Gasteiger partial charge in [0.2, 0.25) is 5.91 Å². The Labute approximate surface area is 197 Å². The molecule has 7 heteroatoms. The van der Waals surface area contributed by atoms with E-state index in [0.717, 1.165) is 28.3 Å². The SMILES string of the molecule is CC(NC(=O)c1ccc(Br)cc1)c1nc2ccccc2n1CC(=O)N(C)C1CCCCC1. The zero-order valence-corrected chi connectivity index (χ0v) is 20.1. The maximum Gasteiger partial charge on any atom is 0.251 e. The van der Waals surface area contributed by atoms with Crippen LogP contribution < -0.4 is 5.32 Å². The van der Waals surface area contributed by atoms with Gasteiger partial charge in [0, 0.05) is 23.1 Å². The minimum atomic E-state index is -0.355. The van der Waals surface area contributed by atoms with E-state index in [4.69, 9.17) is 4.98 Å². The van der Waals surface area contributed by atoms with Crippen LogP contribution in [0.25, 0.3) is 11.0 Å². The predicted molar refractivity (Wildman–Crippen MR) is 129 cm³/mol. The van der Waals surface area contributed by atoms with E-state index in [1.54, 1.807) is 12.1 Å². The number of likely N-dealkylation sites (N-methyl/N-ethyl adjacent to an activating group) is 1. The fourth-order valence-corrected chi connectivity index (χ4v) is 4.72. The summed E-state index contributed by atoms with van der Waals surface area (Å²) in [5.74, 6) is 0.587. The summed E-state index contributed by atoms with van der Waals surface area (Å²) in [6.07, 6.45) is 5.75. The van der Waals surface area contributed by atoms with Gasteiger partial charge in [-0.2, -0.15) is 0 Å². The van der Waals surface area contributed by atoms with Gasteiger partial charge in [0.05, 0.1) is 17.1 Å². The molecule has 1 saturated carbocycles. The second-order valence-corrected chi connectivity index (χ2v) is 9.46. The second-order valence-electron chi connectivity index (χ2n) is 8.54. The zero-order valence-electron chi connectivity index (χ0n) is 18.6. The van der Waals surface area contributed by atoms with E-state index in [2.05, 4.69) is 21.2 Å². The van der Waals surface area contributed by atoms with E-state index < -0.39 is 0 Å². The molecule has 6 nitrogen and oxygen atoms in total. The average molecular weight is 497 g/mol. The van der Waals surface area contributed by atoms with Crippen LogP contribution in [0.2, 0.25) is 0 Å². The number of carbonyl (C=O) groups excluding carboxylic acids is 2. The predicted octanol–water partition coefficient (Wildman–Crippen LogP) is 5.08. The van der Waals surface area contributed by atoms with Gasteiger partial charge < -0.3 is 14.8 Å². The summed E-state index contributed by atoms with van der Waals surface area (Å²) in [5, 5.41) is 3.04. The smallest absolute Gasteiger partial charge is 0.251 e. The quantitative estimate of drug-likeness (QED) is 0.517. The van der Waals surface area contributed by atoms with E-state index in [0.29, 0.717) is 17.4 Å². The number of benzene rings is 2. The number of nitrogens with one attached hydrogen (secondary N) is 1. The lowest BCUT2D eigenvalue weighted by atomic mass is 9.94. The van der Waals surface area contributed by atoms with Gasteiger partial charge in [0.1, 0.15) is 12.4 Å². The number of carbonyl (C=O) groups is 2. The van der Waals surface area contributed by atoms with Crippen molar-refractivity contribution >= 4 is 38.8 Å². The number of hydrogen-bond donors (Lipinski definition) is 1. The largest absolute Gasteiger partial charge is 0.342 e. The zero-order chi connectivity index (χ0) is 22.7. The van der Waals surface area contributed by atoms with Gasteiger partial charge in [-0.15, -0.1) is 0 Å². The molecule has 1 heterocycles. The maximum atomic E-state index is 13.2. The molecule has 168 valence electrons. The van der Waals surface area contributed by atoms with Gasteiger partial charge in [0.15, 0.2) is 0 Å². The molecule has 4 rings (SSSR count). The van der Waals surface area contributed by atoms with Crippen LogP contribution in [0.1, 0.15) is 61.3 Å². The Morgan fingerprint density at radius 2 is 1.81 bits per heavy atom. The van der Waals surface area contributed by atoms with Crippen LogP contribution in [0.3, 0.4) is 0 Å². The molecule has 0 aliphatic heterocycles. The Hall–Kier alpha value is -2.67. The standard InChI is InChI=1S/C25H29BrN4O2/c1-17(27-25(32)18-12-14-19(26)15-13-18)24-28-21-10-6-7-11-22(21)30(24)16-23(31)29(2)20-8-4-3-5-9-20/h6-7,10-15,17,20H,3-5,8-9,16H2,1-2H3,(H,27,32). The molecule has 1 fully saturated rings. The fraction of sp³-hybridized carbons (Fsp3) is 0.400. The number of aromatic nitrogens is 2. The van der Waals surface area contributed by atoms with Crippen molar-refractivity contribution in [2.45, 2.75) is 57.7 Å². The molecule has 1 aliphatic rings. The molecule has 1 unspecified atom stereocenters. The number of amides is 2. The van der Waals surface area contributed by atoms with Crippen LogP contribution in [-0.4, -0.2) is 39.4 Å². The maximum absolute atomic E-state index is 13.2. The molecule has 1 aromatic heterocycles. The third-order valence-electron chi connectivity index (χ3n) is 6.33. The molecule has 32 heavy (non-hydrogen) atoms. The van der Waals surface area contributed by atoms with E-state index in [9.17, 15) is 9.59 Å². The molecule has 0 saturated heterocycles. The molecule has 0 spiro atoms. The summed E-state index contributed by atoms with van der Waals surface area (Å²) in [7, 11) is 1.91. The molecular formula is C25H29BrN4O2. The fourth-order valence-electron chi connectivity index (χ4n) is 4.46. The Morgan fingerprint density at radius 1 is 1.12 bits per heavy atom. The lowest BCUT2D eigenvalue weighted by Gasteiger charge is -2.31. The molecule has 2 aromatic carbocycles. The first-order valence-electron chi connectivity index (χ1n) is 11.2. The number of para-hydroxylation sites is 2. The van der Waals surface area contributed by atoms with Gasteiger partial charge in [-0.3, -0.25) is 9.59 Å². The highest BCUT2D eigenvalue weighted by Crippen LogP contribution is 2.24. The molecule has 1 aliphatic carbocycles. The van der Waals surface area contributed by atoms with Gasteiger partial charge in [-0.25, -0.2) is 4.98 Å². The van der Waals surface area contributed by atoms with E-state index >= 15 is 0 Å². The third kappa shape index (κ3) is 4.88. The molecule has 0 radical (unpaired) electrons. The summed E-state index contributed by atoms with van der Waals surface area (Å²) >= 11 is 3.39. The Balaban J connectivity index is 1.57. The highest BCUT2D eigenvalue weighted by atomic mass is 79.9. The molecule has 3 aromatic rings. The minimum Gasteiger partial charge on any atom is -0.342 e. The molecule has 1 atom stereocenters. The Bertz CT molecular complexity index is 1100. The number of halogens is 1. The van der Waals surface area contributed by atoms with Crippen LogP contribution in [0.5, 0.6) is 0 Å². The van der Waals surface area contributed by atoms with Crippen LogP contribution >= 0.6 is 15.9 Å². The van der Waals surface area contributed by atoms with Gasteiger partial charge in [0.25, 0.3) is 5.91 Å². The molecular weight excluding hydrogens is 468 g/mol. The Kier molecular flexibility index (Phi) is 6.94. The monoisotopic (exact) mass is 496 g/mol. The van der Waals surface area contributed by atoms with E-state index in [1.807, 2.05) is 59.8 Å². The van der Waals surface area contributed by atoms with Crippen molar-refractivity contribution in [3.63, 3.8) is 0 Å². The number of fused-ring (bicyclic) bond motifs is 1. The van der Waals surface area contributed by atoms with E-state index in [1.165, 1.54) is 19.3 Å². The highest BCUT2D eigenvalue weighted by molar-refractivity contribution is 9.10. The van der Waals surface area contributed by atoms with Gasteiger partial charge >= 0.3 is 0 Å². The summed E-state index contributed by atoms with van der Waals surface area (Å²) in [6.45, 7) is 2.12. The minimum absolute atomic E-state index is 0.0766. The first kappa shape index (κ1) is 22.5. The molecule has 0 bridgehead atoms. The van der Waals surface area contributed by atoms with Crippen molar-refractivity contribution in [3.05, 3.63) is 64.4 Å².